The molecule has 0 saturated heterocycles. The normalized spacial score (nSPS) is 16.5. The molecule has 0 aliphatic heterocycles. The monoisotopic (exact) mass is 223 g/mol. The van der Waals surface area contributed by atoms with Gasteiger partial charge >= 0.3 is 5.97 Å². The summed E-state index contributed by atoms with van der Waals surface area (Å²) in [6.45, 7) is -1.69. The van der Waals surface area contributed by atoms with Crippen molar-refractivity contribution in [3.8, 4) is 0 Å². The first-order valence-electron chi connectivity index (χ1n) is 4.05. The predicted octanol–water partition coefficient (Wildman–Crippen LogP) is -3.74. The van der Waals surface area contributed by atoms with Gasteiger partial charge in [-0.15, -0.1) is 0 Å². The second-order valence-electron chi connectivity index (χ2n) is 2.78. The fraction of sp³-hybridized carbons (Fsp3) is 0.714. The summed E-state index contributed by atoms with van der Waals surface area (Å²) in [5.41, 5.74) is 0. The molecule has 1 amide bonds. The number of aliphatic hydroxyl groups excluding tert-OH is 4. The number of carbonyl (C=O) groups is 2. The van der Waals surface area contributed by atoms with E-state index in [1.165, 1.54) is 0 Å². The van der Waals surface area contributed by atoms with E-state index in [0.29, 0.717) is 0 Å². The summed E-state index contributed by atoms with van der Waals surface area (Å²) in [5, 5.41) is 45.0. The molecular weight excluding hydrogens is 210 g/mol. The van der Waals surface area contributed by atoms with Gasteiger partial charge in [-0.05, 0) is 0 Å². The number of nitrogens with one attached hydrogen (secondary N) is 1. The van der Waals surface area contributed by atoms with Crippen molar-refractivity contribution in [1.82, 2.24) is 5.32 Å². The maximum Gasteiger partial charge on any atom is 0.328 e. The van der Waals surface area contributed by atoms with Crippen LogP contribution in [0, 0.1) is 0 Å². The first kappa shape index (κ1) is 13.8. The van der Waals surface area contributed by atoms with E-state index in [1.54, 1.807) is 5.32 Å². The number of rotatable bonds is 6. The van der Waals surface area contributed by atoms with Gasteiger partial charge in [0.15, 0.2) is 6.10 Å². The molecule has 0 aromatic heterocycles. The molecule has 0 radical (unpaired) electrons. The van der Waals surface area contributed by atoms with Gasteiger partial charge in [-0.25, -0.2) is 4.79 Å². The quantitative estimate of drug-likeness (QED) is 0.271. The fourth-order valence-corrected chi connectivity index (χ4v) is 0.717. The molecule has 0 aliphatic rings. The zero-order valence-corrected chi connectivity index (χ0v) is 7.70. The highest BCUT2D eigenvalue weighted by atomic mass is 16.4. The molecule has 0 bridgehead atoms. The van der Waals surface area contributed by atoms with Crippen molar-refractivity contribution in [3.05, 3.63) is 0 Å². The van der Waals surface area contributed by atoms with Crippen molar-refractivity contribution < 1.29 is 35.1 Å². The Morgan fingerprint density at radius 2 is 1.67 bits per heavy atom. The van der Waals surface area contributed by atoms with Gasteiger partial charge in [-0.3, -0.25) is 4.79 Å². The van der Waals surface area contributed by atoms with Crippen LogP contribution in [0.5, 0.6) is 0 Å². The van der Waals surface area contributed by atoms with E-state index in [1.807, 2.05) is 0 Å². The van der Waals surface area contributed by atoms with Gasteiger partial charge in [0.2, 0.25) is 0 Å². The molecule has 15 heavy (non-hydrogen) atoms. The van der Waals surface area contributed by atoms with E-state index in [9.17, 15) is 9.59 Å². The minimum absolute atomic E-state index is 0.842. The van der Waals surface area contributed by atoms with Crippen molar-refractivity contribution in [2.75, 3.05) is 13.2 Å². The third-order valence-corrected chi connectivity index (χ3v) is 1.62. The van der Waals surface area contributed by atoms with E-state index in [0.717, 1.165) is 0 Å². The van der Waals surface area contributed by atoms with E-state index < -0.39 is 43.3 Å². The lowest BCUT2D eigenvalue weighted by molar-refractivity contribution is -0.147. The van der Waals surface area contributed by atoms with Crippen LogP contribution in [0.25, 0.3) is 0 Å². The van der Waals surface area contributed by atoms with Gasteiger partial charge in [0.05, 0.1) is 13.2 Å². The van der Waals surface area contributed by atoms with Crippen LogP contribution >= 0.6 is 0 Å². The van der Waals surface area contributed by atoms with Crippen LogP contribution < -0.4 is 5.32 Å². The lowest BCUT2D eigenvalue weighted by Crippen LogP contribution is -2.51. The summed E-state index contributed by atoms with van der Waals surface area (Å²) in [6.07, 6.45) is -3.64. The third kappa shape index (κ3) is 4.21. The molecule has 0 saturated carbocycles. The Bertz CT molecular complexity index is 231. The van der Waals surface area contributed by atoms with Crippen molar-refractivity contribution in [2.24, 2.45) is 0 Å². The zero-order chi connectivity index (χ0) is 12.0. The van der Waals surface area contributed by atoms with E-state index >= 15 is 0 Å². The second kappa shape index (κ2) is 6.30. The number of carboxylic acids is 1. The van der Waals surface area contributed by atoms with Crippen LogP contribution in [-0.4, -0.2) is 68.9 Å². The molecule has 8 heteroatoms. The molecule has 88 valence electrons. The maximum atomic E-state index is 11.0. The Morgan fingerprint density at radius 3 is 2.00 bits per heavy atom. The molecule has 0 heterocycles. The lowest BCUT2D eigenvalue weighted by atomic mass is 10.2. The number of amides is 1. The number of aliphatic hydroxyl groups is 4. The van der Waals surface area contributed by atoms with Gasteiger partial charge in [0.1, 0.15) is 12.1 Å². The number of carbonyl (C=O) groups excluding carboxylic acids is 1. The van der Waals surface area contributed by atoms with Crippen molar-refractivity contribution in [2.45, 2.75) is 18.2 Å². The van der Waals surface area contributed by atoms with Crippen LogP contribution in [-0.2, 0) is 9.59 Å². The van der Waals surface area contributed by atoms with Gasteiger partial charge in [0.25, 0.3) is 5.91 Å². The molecular formula is C7H13NO7. The summed E-state index contributed by atoms with van der Waals surface area (Å²) in [7, 11) is 0. The topological polar surface area (TPSA) is 147 Å². The Labute approximate surface area is 84.8 Å². The molecule has 0 aromatic carbocycles. The second-order valence-corrected chi connectivity index (χ2v) is 2.78. The first-order chi connectivity index (χ1) is 6.93. The SMILES string of the molecule is O=C(O)C(CO)NC(=O)[C@H](O)[C@H](O)CO. The molecule has 1 unspecified atom stereocenters. The molecule has 8 nitrogen and oxygen atoms in total. The summed E-state index contributed by atoms with van der Waals surface area (Å²) in [5.74, 6) is -2.66. The first-order valence-corrected chi connectivity index (χ1v) is 4.05. The highest BCUT2D eigenvalue weighted by Gasteiger charge is 2.27. The van der Waals surface area contributed by atoms with Crippen LogP contribution in [0.2, 0.25) is 0 Å². The number of hydrogen-bond acceptors (Lipinski definition) is 6. The maximum absolute atomic E-state index is 11.0. The van der Waals surface area contributed by atoms with E-state index in [2.05, 4.69) is 0 Å². The average Bonchev–Trinajstić information content (AvgIpc) is 2.22. The van der Waals surface area contributed by atoms with Crippen LogP contribution in [0.3, 0.4) is 0 Å². The Kier molecular flexibility index (Phi) is 5.79. The van der Waals surface area contributed by atoms with Gasteiger partial charge in [-0.2, -0.15) is 0 Å². The van der Waals surface area contributed by atoms with Crippen LogP contribution in [0.1, 0.15) is 0 Å². The summed E-state index contributed by atoms with van der Waals surface area (Å²) in [4.78, 5) is 21.4. The summed E-state index contributed by atoms with van der Waals surface area (Å²) >= 11 is 0. The lowest BCUT2D eigenvalue weighted by Gasteiger charge is -2.17. The van der Waals surface area contributed by atoms with Crippen LogP contribution in [0.4, 0.5) is 0 Å². The highest BCUT2D eigenvalue weighted by Crippen LogP contribution is 1.94. The standard InChI is InChI=1S/C7H13NO7/c9-1-3(7(14)15)8-6(13)5(12)4(11)2-10/h3-5,9-12H,1-2H2,(H,8,13)(H,14,15)/t3?,4-,5-/m1/s1. The molecule has 6 N–H and O–H groups in total. The van der Waals surface area contributed by atoms with Gasteiger partial charge in [-0.1, -0.05) is 0 Å². The Morgan fingerprint density at radius 1 is 1.13 bits per heavy atom. The fourth-order valence-electron chi connectivity index (χ4n) is 0.717. The largest absolute Gasteiger partial charge is 0.480 e. The number of aliphatic carboxylic acids is 1. The third-order valence-electron chi connectivity index (χ3n) is 1.62. The van der Waals surface area contributed by atoms with Crippen LogP contribution in [0.15, 0.2) is 0 Å². The molecule has 0 aromatic rings. The number of hydrogen-bond donors (Lipinski definition) is 6. The number of carboxylic acid groups (broad SMARTS) is 1. The van der Waals surface area contributed by atoms with Gasteiger partial charge < -0.3 is 30.8 Å². The molecule has 0 rings (SSSR count). The molecule has 0 spiro atoms. The molecule has 0 fully saturated rings. The van der Waals surface area contributed by atoms with Crippen molar-refractivity contribution >= 4 is 11.9 Å². The summed E-state index contributed by atoms with van der Waals surface area (Å²) < 4.78 is 0. The molecule has 0 aliphatic carbocycles. The minimum Gasteiger partial charge on any atom is -0.480 e. The zero-order valence-electron chi connectivity index (χ0n) is 7.70. The highest BCUT2D eigenvalue weighted by molar-refractivity contribution is 5.86. The smallest absolute Gasteiger partial charge is 0.328 e. The minimum atomic E-state index is -1.94. The van der Waals surface area contributed by atoms with E-state index in [4.69, 9.17) is 25.5 Å². The molecule has 3 atom stereocenters. The van der Waals surface area contributed by atoms with E-state index in [-0.39, 0.29) is 0 Å². The Hall–Kier alpha value is -1.22. The predicted molar refractivity (Wildman–Crippen MR) is 45.8 cm³/mol. The van der Waals surface area contributed by atoms with Crippen molar-refractivity contribution in [3.63, 3.8) is 0 Å². The van der Waals surface area contributed by atoms with Gasteiger partial charge in [0, 0.05) is 0 Å². The van der Waals surface area contributed by atoms with Crippen molar-refractivity contribution in [1.29, 1.82) is 0 Å². The summed E-state index contributed by atoms with van der Waals surface area (Å²) in [6, 6.07) is -1.56. The Balaban J connectivity index is 4.28. The average molecular weight is 223 g/mol.